The fourth-order valence-corrected chi connectivity index (χ4v) is 10.9. The standard InChI is InChI=1S/C29H42O4/c1-17(2)18-9-12-28(23(30)31)15-16-29(24(32)33)19(22(18)28)7-8-21-26(5)14-13-25(3,4)20(26)10-11-27(21,29)6/h13-14,18-22H,1,7-12,15-16H2,2-6H3,(H,30,31)(H,32,33). The first-order chi connectivity index (χ1) is 15.3. The second-order valence-electron chi connectivity index (χ2n) is 13.5. The van der Waals surface area contributed by atoms with E-state index >= 15 is 0 Å². The minimum atomic E-state index is -0.855. The Kier molecular flexibility index (Phi) is 4.75. The van der Waals surface area contributed by atoms with Gasteiger partial charge in [-0.05, 0) is 104 Å². The third kappa shape index (κ3) is 2.54. The summed E-state index contributed by atoms with van der Waals surface area (Å²) in [6.45, 7) is 15.6. The Labute approximate surface area is 198 Å². The minimum Gasteiger partial charge on any atom is -0.481 e. The van der Waals surface area contributed by atoms with Crippen LogP contribution < -0.4 is 0 Å². The largest absolute Gasteiger partial charge is 0.481 e. The molecule has 5 aliphatic carbocycles. The van der Waals surface area contributed by atoms with Gasteiger partial charge in [-0.15, -0.1) is 0 Å². The Morgan fingerprint density at radius 1 is 0.848 bits per heavy atom. The molecule has 4 heteroatoms. The van der Waals surface area contributed by atoms with E-state index in [0.29, 0.717) is 31.1 Å². The van der Waals surface area contributed by atoms with E-state index in [1.54, 1.807) is 0 Å². The first-order valence-electron chi connectivity index (χ1n) is 13.1. The van der Waals surface area contributed by atoms with E-state index in [1.807, 2.05) is 6.92 Å². The number of fused-ring (bicyclic) bond motifs is 7. The lowest BCUT2D eigenvalue weighted by atomic mass is 9.33. The molecule has 9 unspecified atom stereocenters. The predicted molar refractivity (Wildman–Crippen MR) is 128 cm³/mol. The first-order valence-corrected chi connectivity index (χ1v) is 13.1. The van der Waals surface area contributed by atoms with Gasteiger partial charge in [-0.2, -0.15) is 0 Å². The van der Waals surface area contributed by atoms with Gasteiger partial charge in [0.1, 0.15) is 0 Å². The van der Waals surface area contributed by atoms with Crippen molar-refractivity contribution in [3.05, 3.63) is 24.3 Å². The molecule has 2 N–H and O–H groups in total. The van der Waals surface area contributed by atoms with Gasteiger partial charge in [-0.3, -0.25) is 9.59 Å². The van der Waals surface area contributed by atoms with Crippen LogP contribution >= 0.6 is 0 Å². The van der Waals surface area contributed by atoms with E-state index in [4.69, 9.17) is 0 Å². The number of carboxylic acids is 2. The van der Waals surface area contributed by atoms with Crippen LogP contribution in [0.4, 0.5) is 0 Å². The molecular weight excluding hydrogens is 412 g/mol. The smallest absolute Gasteiger partial charge is 0.310 e. The van der Waals surface area contributed by atoms with Crippen LogP contribution in [0.1, 0.15) is 86.0 Å². The lowest BCUT2D eigenvalue weighted by Crippen LogP contribution is -2.68. The van der Waals surface area contributed by atoms with Gasteiger partial charge in [-0.25, -0.2) is 0 Å². The van der Waals surface area contributed by atoms with Crippen molar-refractivity contribution in [2.45, 2.75) is 86.0 Å². The van der Waals surface area contributed by atoms with Crippen LogP contribution in [-0.2, 0) is 9.59 Å². The fraction of sp³-hybridized carbons (Fsp3) is 0.793. The number of rotatable bonds is 3. The van der Waals surface area contributed by atoms with E-state index in [0.717, 1.165) is 37.7 Å². The van der Waals surface area contributed by atoms with E-state index in [-0.39, 0.29) is 34.0 Å². The van der Waals surface area contributed by atoms with Gasteiger partial charge >= 0.3 is 11.9 Å². The van der Waals surface area contributed by atoms with Gasteiger partial charge in [0.2, 0.25) is 0 Å². The second kappa shape index (κ2) is 6.76. The van der Waals surface area contributed by atoms with Crippen molar-refractivity contribution in [3.8, 4) is 0 Å². The van der Waals surface area contributed by atoms with Crippen LogP contribution in [0.2, 0.25) is 0 Å². The highest BCUT2D eigenvalue weighted by Crippen LogP contribution is 2.77. The Balaban J connectivity index is 1.66. The summed E-state index contributed by atoms with van der Waals surface area (Å²) in [6, 6.07) is 0. The van der Waals surface area contributed by atoms with Crippen LogP contribution in [0.15, 0.2) is 24.3 Å². The van der Waals surface area contributed by atoms with Gasteiger partial charge in [0.15, 0.2) is 0 Å². The van der Waals surface area contributed by atoms with Crippen molar-refractivity contribution in [2.24, 2.45) is 56.7 Å². The summed E-state index contributed by atoms with van der Waals surface area (Å²) in [5.74, 6) is -0.617. The molecule has 0 radical (unpaired) electrons. The maximum atomic E-state index is 13.4. The molecule has 0 bridgehead atoms. The number of carboxylic acid groups (broad SMARTS) is 2. The average molecular weight is 455 g/mol. The maximum Gasteiger partial charge on any atom is 0.310 e. The van der Waals surface area contributed by atoms with Crippen LogP contribution in [0.25, 0.3) is 0 Å². The molecule has 4 nitrogen and oxygen atoms in total. The molecule has 4 saturated carbocycles. The Hall–Kier alpha value is -1.58. The molecule has 0 aromatic carbocycles. The lowest BCUT2D eigenvalue weighted by Gasteiger charge is -2.69. The number of hydrogen-bond acceptors (Lipinski definition) is 2. The average Bonchev–Trinajstić information content (AvgIpc) is 3.23. The molecule has 0 saturated heterocycles. The second-order valence-corrected chi connectivity index (χ2v) is 13.5. The number of hydrogen-bond donors (Lipinski definition) is 2. The van der Waals surface area contributed by atoms with Crippen LogP contribution in [0, 0.1) is 56.7 Å². The zero-order valence-corrected chi connectivity index (χ0v) is 21.1. The van der Waals surface area contributed by atoms with Crippen LogP contribution in [0.3, 0.4) is 0 Å². The summed E-state index contributed by atoms with van der Waals surface area (Å²) in [7, 11) is 0. The molecule has 0 spiro atoms. The number of aliphatic carboxylic acids is 2. The summed E-state index contributed by atoms with van der Waals surface area (Å²) < 4.78 is 0. The SMILES string of the molecule is C=C(C)C1CCC2(C(=O)O)CCC3(C(=O)O)C(CCC4C5(C)C=CC(C)(C)C5CCC43C)C12. The van der Waals surface area contributed by atoms with Crippen molar-refractivity contribution in [1.29, 1.82) is 0 Å². The van der Waals surface area contributed by atoms with E-state index < -0.39 is 22.8 Å². The number of carbonyl (C=O) groups is 2. The predicted octanol–water partition coefficient (Wildman–Crippen LogP) is 6.57. The van der Waals surface area contributed by atoms with E-state index in [2.05, 4.69) is 46.4 Å². The third-order valence-electron chi connectivity index (χ3n) is 12.2. The molecule has 0 aromatic heterocycles. The molecule has 4 fully saturated rings. The molecule has 0 amide bonds. The van der Waals surface area contributed by atoms with Crippen LogP contribution in [0.5, 0.6) is 0 Å². The highest BCUT2D eigenvalue weighted by molar-refractivity contribution is 5.80. The summed E-state index contributed by atoms with van der Waals surface area (Å²) >= 11 is 0. The van der Waals surface area contributed by atoms with Crippen LogP contribution in [-0.4, -0.2) is 22.2 Å². The van der Waals surface area contributed by atoms with Gasteiger partial charge in [0, 0.05) is 0 Å². The zero-order chi connectivity index (χ0) is 24.2. The highest BCUT2D eigenvalue weighted by atomic mass is 16.4. The summed E-state index contributed by atoms with van der Waals surface area (Å²) in [5, 5.41) is 21.5. The Bertz CT molecular complexity index is 947. The topological polar surface area (TPSA) is 74.6 Å². The molecule has 9 atom stereocenters. The van der Waals surface area contributed by atoms with Crippen molar-refractivity contribution in [2.75, 3.05) is 0 Å². The van der Waals surface area contributed by atoms with Gasteiger partial charge in [0.25, 0.3) is 0 Å². The fourth-order valence-electron chi connectivity index (χ4n) is 10.9. The molecule has 182 valence electrons. The quantitative estimate of drug-likeness (QED) is 0.473. The third-order valence-corrected chi connectivity index (χ3v) is 12.2. The number of allylic oxidation sites excluding steroid dienone is 3. The molecular formula is C29H42O4. The molecule has 0 aliphatic heterocycles. The zero-order valence-electron chi connectivity index (χ0n) is 21.1. The molecule has 5 aliphatic rings. The highest BCUT2D eigenvalue weighted by Gasteiger charge is 2.75. The Morgan fingerprint density at radius 2 is 1.55 bits per heavy atom. The van der Waals surface area contributed by atoms with Gasteiger partial charge < -0.3 is 10.2 Å². The van der Waals surface area contributed by atoms with Crippen molar-refractivity contribution < 1.29 is 19.8 Å². The Morgan fingerprint density at radius 3 is 2.15 bits per heavy atom. The van der Waals surface area contributed by atoms with Crippen molar-refractivity contribution in [3.63, 3.8) is 0 Å². The molecule has 0 heterocycles. The molecule has 0 aromatic rings. The lowest BCUT2D eigenvalue weighted by molar-refractivity contribution is -0.231. The first kappa shape index (κ1) is 23.2. The monoisotopic (exact) mass is 454 g/mol. The summed E-state index contributed by atoms with van der Waals surface area (Å²) in [4.78, 5) is 26.2. The summed E-state index contributed by atoms with van der Waals surface area (Å²) in [5.41, 5.74) is -0.781. The van der Waals surface area contributed by atoms with Gasteiger partial charge in [0.05, 0.1) is 10.8 Å². The molecule has 33 heavy (non-hydrogen) atoms. The molecule has 5 rings (SSSR count). The van der Waals surface area contributed by atoms with Crippen molar-refractivity contribution >= 4 is 11.9 Å². The van der Waals surface area contributed by atoms with E-state index in [1.165, 1.54) is 0 Å². The van der Waals surface area contributed by atoms with E-state index in [9.17, 15) is 19.8 Å². The summed E-state index contributed by atoms with van der Waals surface area (Å²) in [6.07, 6.45) is 11.1. The van der Waals surface area contributed by atoms with Gasteiger partial charge in [-0.1, -0.05) is 52.0 Å². The maximum absolute atomic E-state index is 13.4. The normalized spacial score (nSPS) is 51.7. The minimum absolute atomic E-state index is 0.00862. The van der Waals surface area contributed by atoms with Crippen molar-refractivity contribution in [1.82, 2.24) is 0 Å².